The van der Waals surface area contributed by atoms with E-state index in [0.717, 1.165) is 107 Å². The number of fused-ring (bicyclic) bond motifs is 24. The van der Waals surface area contributed by atoms with Crippen LogP contribution in [-0.2, 0) is 0 Å². The highest BCUT2D eigenvalue weighted by molar-refractivity contribution is 7.26. The maximum atomic E-state index is 5.24. The number of pyridine rings is 2. The molecule has 0 aliphatic carbocycles. The van der Waals surface area contributed by atoms with Gasteiger partial charge in [-0.1, -0.05) is 158 Å². The molecule has 0 saturated heterocycles. The van der Waals surface area contributed by atoms with E-state index in [2.05, 4.69) is 357 Å². The van der Waals surface area contributed by atoms with E-state index in [-0.39, 0.29) is 21.4 Å². The minimum atomic E-state index is -0.252. The molecule has 0 saturated carbocycles. The molecule has 6 aromatic heterocycles. The maximum absolute atomic E-state index is 5.24. The second-order valence-electron chi connectivity index (χ2n) is 27.0. The Kier molecular flexibility index (Phi) is 12.5. The highest BCUT2D eigenvalue weighted by Crippen LogP contribution is 2.62. The molecule has 6 aliphatic heterocycles. The third kappa shape index (κ3) is 8.38. The van der Waals surface area contributed by atoms with Crippen LogP contribution in [-0.4, -0.2) is 45.9 Å². The molecule has 0 amide bonds. The zero-order chi connectivity index (χ0) is 68.5. The van der Waals surface area contributed by atoms with Crippen molar-refractivity contribution < 1.29 is 0 Å². The van der Waals surface area contributed by atoms with E-state index in [4.69, 9.17) is 19.9 Å². The van der Waals surface area contributed by atoms with Gasteiger partial charge in [-0.15, -0.1) is 22.7 Å². The van der Waals surface area contributed by atoms with Crippen molar-refractivity contribution in [3.05, 3.63) is 334 Å². The van der Waals surface area contributed by atoms with Crippen molar-refractivity contribution in [2.45, 2.75) is 0 Å². The highest BCUT2D eigenvalue weighted by atomic mass is 32.1. The van der Waals surface area contributed by atoms with Gasteiger partial charge in [-0.3, -0.25) is 4.57 Å². The standard InChI is InChI=1S/C47H31B2N7S.C39H24BN7S/c1-3-15-32(16-4-1)51-37-20-8-10-22-39(37)54-40-23-11-9-21-38(40)53(48(51)54)34-27-28-43-44(31-34)55-41-24-12-13-25-42(41)56(49(55)52(43)33-17-5-2-6-18-33)47-46-36(29-30-50-47)35-19-7-14-26-45(35)57-46;1-2-11-25(12-3-1)45-34-21-20-26(44-31-16-6-4-13-27(31)29-15-10-22-41-37(29)44)23-35(34)46-32-17-7-8-18-33(32)47(40(45)46)39-42-24-30-28-14-5-9-19-36(28)48-38(30)43-39/h1-31H;1-24H. The summed E-state index contributed by atoms with van der Waals surface area (Å²) < 4.78 is 5.96. The van der Waals surface area contributed by atoms with Crippen molar-refractivity contribution in [2.24, 2.45) is 0 Å². The molecule has 0 fully saturated rings. The van der Waals surface area contributed by atoms with Crippen LogP contribution in [0, 0.1) is 0 Å². The minimum Gasteiger partial charge on any atom is -0.344 e. The zero-order valence-corrected chi connectivity index (χ0v) is 57.7. The minimum absolute atomic E-state index is 0.139. The van der Waals surface area contributed by atoms with Crippen molar-refractivity contribution in [3.8, 4) is 5.69 Å². The second kappa shape index (κ2) is 22.6. The van der Waals surface area contributed by atoms with Crippen LogP contribution in [0.5, 0.6) is 0 Å². The lowest BCUT2D eigenvalue weighted by Gasteiger charge is -2.32. The summed E-state index contributed by atoms with van der Waals surface area (Å²) in [6.45, 7) is 0. The average molecular weight is 1380 g/mol. The van der Waals surface area contributed by atoms with Gasteiger partial charge in [-0.05, 0) is 158 Å². The van der Waals surface area contributed by atoms with Crippen molar-refractivity contribution in [2.75, 3.05) is 43.3 Å². The molecule has 0 unspecified atom stereocenters. The predicted octanol–water partition coefficient (Wildman–Crippen LogP) is 22.1. The molecule has 0 radical (unpaired) electrons. The highest BCUT2D eigenvalue weighted by Gasteiger charge is 2.58. The van der Waals surface area contributed by atoms with Gasteiger partial charge in [0, 0.05) is 88.7 Å². The van der Waals surface area contributed by atoms with Gasteiger partial charge < -0.3 is 43.3 Å². The Hall–Kier alpha value is -13.3. The molecule has 6 aliphatic rings. The third-order valence-electron chi connectivity index (χ3n) is 21.6. The van der Waals surface area contributed by atoms with Crippen LogP contribution in [0.4, 0.5) is 103 Å². The largest absolute Gasteiger partial charge is 0.521 e. The van der Waals surface area contributed by atoms with Crippen LogP contribution < -0.4 is 43.3 Å². The lowest BCUT2D eigenvalue weighted by atomic mass is 9.86. The van der Waals surface area contributed by atoms with Gasteiger partial charge in [-0.25, -0.2) is 19.9 Å². The summed E-state index contributed by atoms with van der Waals surface area (Å²) in [6.07, 6.45) is 5.84. The topological polar surface area (TPSA) is 85.6 Å². The molecular formula is C86H55B3N14S2. The molecule has 14 nitrogen and oxygen atoms in total. The Morgan fingerprint density at radius 1 is 0.257 bits per heavy atom. The first-order valence-corrected chi connectivity index (χ1v) is 37.0. The Morgan fingerprint density at radius 2 is 0.676 bits per heavy atom. The SMILES string of the molecule is c1ccc(N2B3N(c4ccc5c(c4)N4B(N5c5ccccc5)N(c5nccc6c5sc5ccccc56)c5ccccc54)c4ccccc4N3c3ccccc32)cc1.c1ccc(N2B3N(c4ncc5c(n4)sc4ccccc45)c4ccccc4N3c3cc(-n4c5ccccc5c5cccnc54)ccc32)cc1. The summed E-state index contributed by atoms with van der Waals surface area (Å²) in [7, 11) is -0.616. The normalized spacial score (nSPS) is 14.2. The van der Waals surface area contributed by atoms with Crippen molar-refractivity contribution in [1.82, 2.24) is 24.5 Å². The van der Waals surface area contributed by atoms with E-state index in [1.807, 2.05) is 36.0 Å². The third-order valence-corrected chi connectivity index (χ3v) is 23.8. The molecule has 18 aromatic rings. The number of nitrogens with zero attached hydrogens (tertiary/aromatic N) is 14. The number of hydrogen-bond donors (Lipinski definition) is 0. The Balaban J connectivity index is 0.000000130. The first kappa shape index (κ1) is 58.3. The summed E-state index contributed by atoms with van der Waals surface area (Å²) >= 11 is 3.54. The van der Waals surface area contributed by atoms with Gasteiger partial charge in [0.05, 0.1) is 78.5 Å². The van der Waals surface area contributed by atoms with Gasteiger partial charge in [0.2, 0.25) is 5.95 Å². The quantitative estimate of drug-likeness (QED) is 0.142. The zero-order valence-electron chi connectivity index (χ0n) is 56.1. The maximum Gasteiger partial charge on any atom is 0.521 e. The summed E-state index contributed by atoms with van der Waals surface area (Å²) in [4.78, 5) is 43.4. The molecule has 0 atom stereocenters. The summed E-state index contributed by atoms with van der Waals surface area (Å²) in [5.74, 6) is 1.64. The number of hydrogen-bond acceptors (Lipinski definition) is 15. The van der Waals surface area contributed by atoms with Crippen LogP contribution in [0.3, 0.4) is 0 Å². The Morgan fingerprint density at radius 3 is 1.27 bits per heavy atom. The predicted molar refractivity (Wildman–Crippen MR) is 439 cm³/mol. The molecule has 12 aromatic carbocycles. The monoisotopic (exact) mass is 1380 g/mol. The number of benzene rings is 12. The van der Waals surface area contributed by atoms with E-state index < -0.39 is 0 Å². The molecule has 19 heteroatoms. The van der Waals surface area contributed by atoms with Crippen LogP contribution in [0.25, 0.3) is 68.1 Å². The number of aromatic nitrogens is 5. The van der Waals surface area contributed by atoms with Gasteiger partial charge in [-0.2, -0.15) is 0 Å². The average Bonchev–Trinajstić information content (AvgIpc) is 1.55. The van der Waals surface area contributed by atoms with Gasteiger partial charge in [0.1, 0.15) is 16.3 Å². The molecule has 0 bridgehead atoms. The number of thiophene rings is 2. The van der Waals surface area contributed by atoms with E-state index in [9.17, 15) is 0 Å². The molecular weight excluding hydrogens is 1330 g/mol. The second-order valence-corrected chi connectivity index (χ2v) is 29.1. The van der Waals surface area contributed by atoms with E-state index in [1.54, 1.807) is 11.3 Å². The van der Waals surface area contributed by atoms with Gasteiger partial charge >= 0.3 is 21.4 Å². The number of rotatable bonds is 7. The van der Waals surface area contributed by atoms with Crippen LogP contribution >= 0.6 is 22.7 Å². The van der Waals surface area contributed by atoms with E-state index >= 15 is 0 Å². The summed E-state index contributed by atoms with van der Waals surface area (Å²) in [5.41, 5.74) is 21.4. The van der Waals surface area contributed by atoms with Crippen LogP contribution in [0.1, 0.15) is 0 Å². The number of para-hydroxylation sites is 12. The van der Waals surface area contributed by atoms with Crippen molar-refractivity contribution in [3.63, 3.8) is 0 Å². The molecule has 0 N–H and O–H groups in total. The fourth-order valence-electron chi connectivity index (χ4n) is 17.3. The molecule has 105 heavy (non-hydrogen) atoms. The van der Waals surface area contributed by atoms with E-state index in [1.165, 1.54) is 58.4 Å². The molecule has 12 heterocycles. The molecule has 490 valence electrons. The fourth-order valence-corrected chi connectivity index (χ4v) is 19.5. The summed E-state index contributed by atoms with van der Waals surface area (Å²) in [5, 5.41) is 7.11. The fraction of sp³-hybridized carbons (Fsp3) is 0. The summed E-state index contributed by atoms with van der Waals surface area (Å²) in [6, 6.07) is 113. The first-order chi connectivity index (χ1) is 52.2. The first-order valence-electron chi connectivity index (χ1n) is 35.3. The molecule has 0 spiro atoms. The van der Waals surface area contributed by atoms with Crippen LogP contribution in [0.15, 0.2) is 334 Å². The molecule has 24 rings (SSSR count). The van der Waals surface area contributed by atoms with Gasteiger partial charge in [0.15, 0.2) is 0 Å². The van der Waals surface area contributed by atoms with Crippen molar-refractivity contribution >= 4 is 209 Å². The van der Waals surface area contributed by atoms with E-state index in [0.29, 0.717) is 5.95 Å². The number of anilines is 18. The lowest BCUT2D eigenvalue weighted by Crippen LogP contribution is -2.52. The smallest absolute Gasteiger partial charge is 0.344 e. The van der Waals surface area contributed by atoms with Crippen molar-refractivity contribution in [1.29, 1.82) is 0 Å². The Labute approximate surface area is 612 Å². The Bertz CT molecular complexity index is 6530. The van der Waals surface area contributed by atoms with Gasteiger partial charge in [0.25, 0.3) is 0 Å². The lowest BCUT2D eigenvalue weighted by molar-refractivity contribution is 1.13. The van der Waals surface area contributed by atoms with Crippen LogP contribution in [0.2, 0.25) is 0 Å².